The minimum atomic E-state index is 0.317. The Labute approximate surface area is 119 Å². The maximum atomic E-state index is 9.18. The first kappa shape index (κ1) is 13.5. The molecule has 0 spiro atoms. The number of aliphatic hydroxyl groups is 1. The van der Waals surface area contributed by atoms with Gasteiger partial charge in [0.2, 0.25) is 0 Å². The van der Waals surface area contributed by atoms with Crippen molar-refractivity contribution in [3.05, 3.63) is 16.1 Å². The molecule has 19 heavy (non-hydrogen) atoms. The Morgan fingerprint density at radius 2 is 2.16 bits per heavy atom. The van der Waals surface area contributed by atoms with Gasteiger partial charge in [0.05, 0.1) is 5.01 Å². The molecule has 1 aliphatic carbocycles. The van der Waals surface area contributed by atoms with Gasteiger partial charge in [0.15, 0.2) is 0 Å². The number of likely N-dealkylation sites (tertiary alicyclic amines) is 1. The van der Waals surface area contributed by atoms with Crippen molar-refractivity contribution in [1.29, 1.82) is 0 Å². The lowest BCUT2D eigenvalue weighted by molar-refractivity contribution is 0.113. The predicted octanol–water partition coefficient (Wildman–Crippen LogP) is 3.15. The van der Waals surface area contributed by atoms with Crippen molar-refractivity contribution in [2.45, 2.75) is 63.5 Å². The second-order valence-corrected chi connectivity index (χ2v) is 7.07. The van der Waals surface area contributed by atoms with Gasteiger partial charge in [-0.15, -0.1) is 11.3 Å². The summed E-state index contributed by atoms with van der Waals surface area (Å²) in [5.41, 5.74) is 0. The lowest BCUT2D eigenvalue weighted by Gasteiger charge is -2.35. The van der Waals surface area contributed by atoms with E-state index in [2.05, 4.69) is 16.1 Å². The summed E-state index contributed by atoms with van der Waals surface area (Å²) in [6.45, 7) is 2.54. The highest BCUT2D eigenvalue weighted by atomic mass is 32.1. The van der Waals surface area contributed by atoms with Gasteiger partial charge in [-0.25, -0.2) is 4.98 Å². The summed E-state index contributed by atoms with van der Waals surface area (Å²) in [6.07, 6.45) is 10.9. The van der Waals surface area contributed by atoms with Gasteiger partial charge in [-0.2, -0.15) is 0 Å². The average Bonchev–Trinajstić information content (AvgIpc) is 2.78. The number of piperidine rings is 1. The molecule has 0 amide bonds. The molecule has 1 aromatic rings. The van der Waals surface area contributed by atoms with E-state index in [0.717, 1.165) is 18.9 Å². The number of aliphatic hydroxyl groups excluding tert-OH is 1. The smallest absolute Gasteiger partial charge is 0.0959 e. The standard InChI is InChI=1S/C15H24N2OS/c18-9-7-13-6-1-2-8-17(13)11-14-10-16-15(19-14)12-4-3-5-12/h10,12-13,18H,1-9,11H2. The Hall–Kier alpha value is -0.450. The summed E-state index contributed by atoms with van der Waals surface area (Å²) in [4.78, 5) is 8.58. The minimum Gasteiger partial charge on any atom is -0.396 e. The van der Waals surface area contributed by atoms with E-state index in [9.17, 15) is 5.11 Å². The third-order valence-electron chi connectivity index (χ3n) is 4.60. The van der Waals surface area contributed by atoms with Crippen LogP contribution in [0.15, 0.2) is 6.20 Å². The Bertz CT molecular complexity index is 401. The third-order valence-corrected chi connectivity index (χ3v) is 5.74. The molecular formula is C15H24N2OS. The van der Waals surface area contributed by atoms with Crippen molar-refractivity contribution in [2.75, 3.05) is 13.2 Å². The van der Waals surface area contributed by atoms with Crippen LogP contribution in [-0.4, -0.2) is 34.2 Å². The Morgan fingerprint density at radius 1 is 1.26 bits per heavy atom. The quantitative estimate of drug-likeness (QED) is 0.900. The van der Waals surface area contributed by atoms with Gasteiger partial charge in [-0.1, -0.05) is 12.8 Å². The van der Waals surface area contributed by atoms with Crippen molar-refractivity contribution in [2.24, 2.45) is 0 Å². The van der Waals surface area contributed by atoms with Gasteiger partial charge < -0.3 is 5.11 Å². The molecule has 106 valence electrons. The molecule has 0 radical (unpaired) electrons. The van der Waals surface area contributed by atoms with Crippen molar-refractivity contribution < 1.29 is 5.11 Å². The molecule has 1 atom stereocenters. The molecule has 1 aliphatic heterocycles. The average molecular weight is 280 g/mol. The van der Waals surface area contributed by atoms with E-state index < -0.39 is 0 Å². The monoisotopic (exact) mass is 280 g/mol. The lowest BCUT2D eigenvalue weighted by Crippen LogP contribution is -2.39. The molecule has 2 heterocycles. The van der Waals surface area contributed by atoms with Crippen LogP contribution in [0.25, 0.3) is 0 Å². The van der Waals surface area contributed by atoms with E-state index in [4.69, 9.17) is 0 Å². The summed E-state index contributed by atoms with van der Waals surface area (Å²) >= 11 is 1.92. The number of thiazole rings is 1. The molecule has 1 unspecified atom stereocenters. The highest BCUT2D eigenvalue weighted by molar-refractivity contribution is 7.11. The van der Waals surface area contributed by atoms with Crippen LogP contribution in [0, 0.1) is 0 Å². The van der Waals surface area contributed by atoms with Gasteiger partial charge >= 0.3 is 0 Å². The zero-order valence-electron chi connectivity index (χ0n) is 11.6. The number of rotatable bonds is 5. The second kappa shape index (κ2) is 6.33. The summed E-state index contributed by atoms with van der Waals surface area (Å²) in [7, 11) is 0. The maximum absolute atomic E-state index is 9.18. The molecule has 2 fully saturated rings. The highest BCUT2D eigenvalue weighted by Gasteiger charge is 2.25. The van der Waals surface area contributed by atoms with E-state index in [1.807, 2.05) is 11.3 Å². The van der Waals surface area contributed by atoms with Crippen LogP contribution >= 0.6 is 11.3 Å². The summed E-state index contributed by atoms with van der Waals surface area (Å²) in [5.74, 6) is 0.758. The van der Waals surface area contributed by atoms with E-state index in [1.165, 1.54) is 55.0 Å². The van der Waals surface area contributed by atoms with Gasteiger partial charge in [0.1, 0.15) is 0 Å². The highest BCUT2D eigenvalue weighted by Crippen LogP contribution is 2.38. The topological polar surface area (TPSA) is 36.4 Å². The minimum absolute atomic E-state index is 0.317. The fraction of sp³-hybridized carbons (Fsp3) is 0.800. The molecule has 0 bridgehead atoms. The normalized spacial score (nSPS) is 25.4. The lowest BCUT2D eigenvalue weighted by atomic mass is 9.86. The number of aromatic nitrogens is 1. The fourth-order valence-electron chi connectivity index (χ4n) is 3.18. The fourth-order valence-corrected chi connectivity index (χ4v) is 4.30. The van der Waals surface area contributed by atoms with E-state index in [1.54, 1.807) is 0 Å². The largest absolute Gasteiger partial charge is 0.396 e. The summed E-state index contributed by atoms with van der Waals surface area (Å²) in [5, 5.41) is 10.5. The van der Waals surface area contributed by atoms with E-state index in [-0.39, 0.29) is 0 Å². The summed E-state index contributed by atoms with van der Waals surface area (Å²) < 4.78 is 0. The van der Waals surface area contributed by atoms with E-state index >= 15 is 0 Å². The molecule has 2 aliphatic rings. The zero-order chi connectivity index (χ0) is 13.1. The van der Waals surface area contributed by atoms with Crippen molar-refractivity contribution in [3.8, 4) is 0 Å². The molecule has 1 aromatic heterocycles. The molecule has 3 nitrogen and oxygen atoms in total. The molecule has 1 N–H and O–H groups in total. The maximum Gasteiger partial charge on any atom is 0.0959 e. The van der Waals surface area contributed by atoms with Gasteiger partial charge in [-0.3, -0.25) is 4.90 Å². The van der Waals surface area contributed by atoms with Gasteiger partial charge in [-0.05, 0) is 38.6 Å². The Balaban J connectivity index is 1.60. The summed E-state index contributed by atoms with van der Waals surface area (Å²) in [6, 6.07) is 0.577. The predicted molar refractivity (Wildman–Crippen MR) is 78.5 cm³/mol. The first-order chi connectivity index (χ1) is 9.36. The van der Waals surface area contributed by atoms with Crippen LogP contribution in [0.4, 0.5) is 0 Å². The van der Waals surface area contributed by atoms with Gasteiger partial charge in [0, 0.05) is 36.2 Å². The zero-order valence-corrected chi connectivity index (χ0v) is 12.4. The number of hydrogen-bond acceptors (Lipinski definition) is 4. The SMILES string of the molecule is OCCC1CCCCN1Cc1cnc(C2CCC2)s1. The molecular weight excluding hydrogens is 256 g/mol. The van der Waals surface area contributed by atoms with Crippen LogP contribution in [0.3, 0.4) is 0 Å². The Kier molecular flexibility index (Phi) is 4.51. The van der Waals surface area contributed by atoms with Crippen LogP contribution in [0.5, 0.6) is 0 Å². The van der Waals surface area contributed by atoms with Crippen LogP contribution in [0.1, 0.15) is 60.7 Å². The van der Waals surface area contributed by atoms with Crippen LogP contribution < -0.4 is 0 Å². The molecule has 0 aromatic carbocycles. The van der Waals surface area contributed by atoms with Crippen LogP contribution in [-0.2, 0) is 6.54 Å². The van der Waals surface area contributed by atoms with Crippen LogP contribution in [0.2, 0.25) is 0 Å². The second-order valence-electron chi connectivity index (χ2n) is 5.93. The van der Waals surface area contributed by atoms with Gasteiger partial charge in [0.25, 0.3) is 0 Å². The molecule has 3 rings (SSSR count). The van der Waals surface area contributed by atoms with Crippen molar-refractivity contribution in [3.63, 3.8) is 0 Å². The van der Waals surface area contributed by atoms with Crippen molar-refractivity contribution >= 4 is 11.3 Å². The molecule has 4 heteroatoms. The first-order valence-corrected chi connectivity index (χ1v) is 8.48. The molecule has 1 saturated heterocycles. The Morgan fingerprint density at radius 3 is 2.89 bits per heavy atom. The van der Waals surface area contributed by atoms with Crippen molar-refractivity contribution in [1.82, 2.24) is 9.88 Å². The van der Waals surface area contributed by atoms with E-state index in [0.29, 0.717) is 12.6 Å². The number of hydrogen-bond donors (Lipinski definition) is 1. The third kappa shape index (κ3) is 3.18. The first-order valence-electron chi connectivity index (χ1n) is 7.66. The molecule has 1 saturated carbocycles. The number of nitrogens with zero attached hydrogens (tertiary/aromatic N) is 2.